The maximum absolute atomic E-state index is 13.6. The predicted octanol–water partition coefficient (Wildman–Crippen LogP) is 4.52. The third-order valence-corrected chi connectivity index (χ3v) is 6.19. The molecule has 4 aromatic heterocycles. The van der Waals surface area contributed by atoms with Gasteiger partial charge in [0.15, 0.2) is 5.65 Å². The Morgan fingerprint density at radius 3 is 2.57 bits per heavy atom. The van der Waals surface area contributed by atoms with Crippen molar-refractivity contribution >= 4 is 44.7 Å². The lowest BCUT2D eigenvalue weighted by atomic mass is 10.0. The Morgan fingerprint density at radius 1 is 1.14 bits per heavy atom. The fourth-order valence-electron chi connectivity index (χ4n) is 3.56. The molecule has 0 aliphatic rings. The van der Waals surface area contributed by atoms with Crippen molar-refractivity contribution in [3.05, 3.63) is 76.9 Å². The number of fused-ring (bicyclic) bond motifs is 2. The lowest BCUT2D eigenvalue weighted by Crippen LogP contribution is -2.17. The summed E-state index contributed by atoms with van der Waals surface area (Å²) in [4.78, 5) is 32.7. The summed E-state index contributed by atoms with van der Waals surface area (Å²) in [7, 11) is 0. The van der Waals surface area contributed by atoms with Gasteiger partial charge in [0.2, 0.25) is 0 Å². The molecule has 0 aliphatic carbocycles. The number of nitrogens with two attached hydrogens (primary N) is 1. The van der Waals surface area contributed by atoms with E-state index in [4.69, 9.17) is 5.73 Å². The van der Waals surface area contributed by atoms with Crippen molar-refractivity contribution in [2.45, 2.75) is 6.18 Å². The fraction of sp³-hybridized carbons (Fsp3) is 0.0455. The van der Waals surface area contributed by atoms with Crippen LogP contribution in [0.5, 0.6) is 0 Å². The summed E-state index contributed by atoms with van der Waals surface area (Å²) in [5.74, 6) is -2.28. The Morgan fingerprint density at radius 2 is 1.89 bits per heavy atom. The summed E-state index contributed by atoms with van der Waals surface area (Å²) >= 11 is 0.606. The van der Waals surface area contributed by atoms with Gasteiger partial charge < -0.3 is 11.1 Å². The average Bonchev–Trinajstić information content (AvgIpc) is 3.40. The van der Waals surface area contributed by atoms with Gasteiger partial charge in [-0.3, -0.25) is 9.59 Å². The molecule has 0 saturated carbocycles. The lowest BCUT2D eigenvalue weighted by Gasteiger charge is -2.12. The molecule has 0 atom stereocenters. The van der Waals surface area contributed by atoms with Crippen molar-refractivity contribution in [1.29, 1.82) is 0 Å². The van der Waals surface area contributed by atoms with Crippen molar-refractivity contribution in [3.8, 4) is 11.1 Å². The first-order chi connectivity index (χ1) is 16.6. The molecule has 4 heterocycles. The van der Waals surface area contributed by atoms with Crippen LogP contribution in [-0.2, 0) is 6.18 Å². The van der Waals surface area contributed by atoms with E-state index in [9.17, 15) is 27.2 Å². The molecule has 5 rings (SSSR count). The highest BCUT2D eigenvalue weighted by Crippen LogP contribution is 2.43. The summed E-state index contributed by atoms with van der Waals surface area (Å²) < 4.78 is 55.6. The predicted molar refractivity (Wildman–Crippen MR) is 119 cm³/mol. The Labute approximate surface area is 197 Å². The SMILES string of the molecule is NC(=O)c1sc2nc(C(F)(F)F)cc(-c3ccc(F)cc3)c2c1NC(=O)c1cnn2cccnc12. The van der Waals surface area contributed by atoms with Gasteiger partial charge in [0, 0.05) is 17.8 Å². The first kappa shape index (κ1) is 22.4. The molecule has 0 fully saturated rings. The molecule has 35 heavy (non-hydrogen) atoms. The normalized spacial score (nSPS) is 11.8. The first-order valence-electron chi connectivity index (χ1n) is 9.83. The van der Waals surface area contributed by atoms with Crippen LogP contribution in [0.4, 0.5) is 23.2 Å². The number of alkyl halides is 3. The van der Waals surface area contributed by atoms with Gasteiger partial charge in [-0.25, -0.2) is 18.9 Å². The molecule has 13 heteroatoms. The van der Waals surface area contributed by atoms with Gasteiger partial charge in [-0.05, 0) is 35.4 Å². The Balaban J connectivity index is 1.74. The van der Waals surface area contributed by atoms with Crippen LogP contribution in [0.25, 0.3) is 27.0 Å². The maximum atomic E-state index is 13.6. The zero-order valence-electron chi connectivity index (χ0n) is 17.3. The molecule has 0 unspecified atom stereocenters. The molecule has 2 amide bonds. The molecule has 0 saturated heterocycles. The molecule has 0 aliphatic heterocycles. The molecular formula is C22H12F4N6O2S. The number of carbonyl (C=O) groups excluding carboxylic acids is 2. The van der Waals surface area contributed by atoms with Crippen molar-refractivity contribution in [2.75, 3.05) is 5.32 Å². The number of primary amides is 1. The quantitative estimate of drug-likeness (QED) is 0.352. The molecule has 0 bridgehead atoms. The van der Waals surface area contributed by atoms with Crippen molar-refractivity contribution in [2.24, 2.45) is 5.73 Å². The number of halogens is 4. The van der Waals surface area contributed by atoms with E-state index >= 15 is 0 Å². The Hall–Kier alpha value is -4.39. The molecule has 0 radical (unpaired) electrons. The summed E-state index contributed by atoms with van der Waals surface area (Å²) in [6, 6.07) is 7.12. The monoisotopic (exact) mass is 500 g/mol. The second kappa shape index (κ2) is 8.13. The van der Waals surface area contributed by atoms with Crippen LogP contribution < -0.4 is 11.1 Å². The number of anilines is 1. The van der Waals surface area contributed by atoms with Crippen LogP contribution in [0.3, 0.4) is 0 Å². The van der Waals surface area contributed by atoms with E-state index in [0.717, 1.165) is 18.2 Å². The zero-order chi connectivity index (χ0) is 24.9. The second-order valence-corrected chi connectivity index (χ2v) is 8.31. The number of amides is 2. The minimum atomic E-state index is -4.80. The van der Waals surface area contributed by atoms with E-state index in [2.05, 4.69) is 20.4 Å². The Kier molecular flexibility index (Phi) is 5.20. The van der Waals surface area contributed by atoms with Gasteiger partial charge in [0.25, 0.3) is 11.8 Å². The van der Waals surface area contributed by atoms with E-state index in [1.807, 2.05) is 0 Å². The van der Waals surface area contributed by atoms with Gasteiger partial charge in [-0.15, -0.1) is 11.3 Å². The highest BCUT2D eigenvalue weighted by Gasteiger charge is 2.35. The third-order valence-electron chi connectivity index (χ3n) is 5.09. The highest BCUT2D eigenvalue weighted by molar-refractivity contribution is 7.21. The van der Waals surface area contributed by atoms with E-state index in [1.54, 1.807) is 12.3 Å². The van der Waals surface area contributed by atoms with Crippen molar-refractivity contribution in [1.82, 2.24) is 19.6 Å². The van der Waals surface area contributed by atoms with E-state index in [1.165, 1.54) is 29.0 Å². The second-order valence-electron chi connectivity index (χ2n) is 7.31. The highest BCUT2D eigenvalue weighted by atomic mass is 32.1. The minimum absolute atomic E-state index is 0.0145. The van der Waals surface area contributed by atoms with Crippen molar-refractivity contribution < 1.29 is 27.2 Å². The number of nitrogens with zero attached hydrogens (tertiary/aromatic N) is 4. The van der Waals surface area contributed by atoms with Crippen LogP contribution in [0.15, 0.2) is 55.0 Å². The van der Waals surface area contributed by atoms with Gasteiger partial charge in [-0.1, -0.05) is 12.1 Å². The molecule has 176 valence electrons. The lowest BCUT2D eigenvalue weighted by molar-refractivity contribution is -0.140. The summed E-state index contributed by atoms with van der Waals surface area (Å²) in [5.41, 5.74) is 4.64. The van der Waals surface area contributed by atoms with Crippen LogP contribution in [-0.4, -0.2) is 31.4 Å². The number of nitrogens with one attached hydrogen (secondary N) is 1. The zero-order valence-corrected chi connectivity index (χ0v) is 18.1. The molecule has 5 aromatic rings. The molecular weight excluding hydrogens is 488 g/mol. The van der Waals surface area contributed by atoms with Crippen LogP contribution in [0.1, 0.15) is 25.7 Å². The number of carbonyl (C=O) groups is 2. The Bertz CT molecular complexity index is 1630. The van der Waals surface area contributed by atoms with Crippen LogP contribution in [0, 0.1) is 5.82 Å². The van der Waals surface area contributed by atoms with Crippen molar-refractivity contribution in [3.63, 3.8) is 0 Å². The smallest absolute Gasteiger partial charge is 0.365 e. The first-order valence-corrected chi connectivity index (χ1v) is 10.7. The summed E-state index contributed by atoms with van der Waals surface area (Å²) in [6.45, 7) is 0. The number of aromatic nitrogens is 4. The van der Waals surface area contributed by atoms with E-state index in [-0.39, 0.29) is 43.1 Å². The van der Waals surface area contributed by atoms with Gasteiger partial charge in [0.1, 0.15) is 26.8 Å². The number of rotatable bonds is 4. The number of pyridine rings is 1. The molecule has 3 N–H and O–H groups in total. The number of hydrogen-bond donors (Lipinski definition) is 2. The molecule has 0 spiro atoms. The molecule has 8 nitrogen and oxygen atoms in total. The topological polar surface area (TPSA) is 115 Å². The maximum Gasteiger partial charge on any atom is 0.433 e. The van der Waals surface area contributed by atoms with Gasteiger partial charge >= 0.3 is 6.18 Å². The molecule has 1 aromatic carbocycles. The standard InChI is InChI=1S/C22H12F4N6O2S/c23-11-4-2-10(3-5-11)12-8-14(22(24,25)26)30-21-15(12)16(17(35-21)18(27)33)31-20(34)13-9-29-32-7-1-6-28-19(13)32/h1-9H,(H2,27,33)(H,31,34). The number of thiophene rings is 1. The summed E-state index contributed by atoms with van der Waals surface area (Å²) in [5, 5.41) is 6.66. The fourth-order valence-corrected chi connectivity index (χ4v) is 4.57. The number of benzene rings is 1. The largest absolute Gasteiger partial charge is 0.433 e. The van der Waals surface area contributed by atoms with Crippen LogP contribution >= 0.6 is 11.3 Å². The number of hydrogen-bond acceptors (Lipinski definition) is 6. The summed E-state index contributed by atoms with van der Waals surface area (Å²) in [6.07, 6.45) is -0.510. The third kappa shape index (κ3) is 3.95. The van der Waals surface area contributed by atoms with Gasteiger partial charge in [0.05, 0.1) is 11.9 Å². The van der Waals surface area contributed by atoms with E-state index < -0.39 is 29.5 Å². The van der Waals surface area contributed by atoms with Gasteiger partial charge in [-0.2, -0.15) is 18.3 Å². The van der Waals surface area contributed by atoms with E-state index in [0.29, 0.717) is 11.3 Å². The van der Waals surface area contributed by atoms with Crippen LogP contribution in [0.2, 0.25) is 0 Å². The minimum Gasteiger partial charge on any atom is -0.365 e. The average molecular weight is 500 g/mol.